The van der Waals surface area contributed by atoms with Crippen molar-refractivity contribution in [3.05, 3.63) is 57.1 Å². The summed E-state index contributed by atoms with van der Waals surface area (Å²) in [4.78, 5) is 27.7. The molecule has 9 heteroatoms. The molecule has 0 spiro atoms. The standard InChI is InChI=1S/C20H23ClN4O4/c1-3-23-8-10-24(11-9-23)17-6-5-15(13-16(17)21)22-20(26)14-4-7-19(29-2)18(12-14)25(27)28/h4-7,12-13H,3,8-11H2,1-2H3,(H,22,26). The molecule has 154 valence electrons. The molecular weight excluding hydrogens is 396 g/mol. The Kier molecular flexibility index (Phi) is 6.56. The summed E-state index contributed by atoms with van der Waals surface area (Å²) in [6.45, 7) is 6.96. The molecule has 0 aromatic heterocycles. The molecule has 0 atom stereocenters. The zero-order valence-corrected chi connectivity index (χ0v) is 17.1. The van der Waals surface area contributed by atoms with Crippen LogP contribution in [0.2, 0.25) is 5.02 Å². The highest BCUT2D eigenvalue weighted by Crippen LogP contribution is 2.31. The van der Waals surface area contributed by atoms with Crippen molar-refractivity contribution < 1.29 is 14.5 Å². The molecule has 1 amide bonds. The number of carbonyl (C=O) groups excluding carboxylic acids is 1. The van der Waals surface area contributed by atoms with Crippen LogP contribution in [0.4, 0.5) is 17.1 Å². The Balaban J connectivity index is 1.72. The first kappa shape index (κ1) is 20.9. The average molecular weight is 419 g/mol. The van der Waals surface area contributed by atoms with E-state index in [-0.39, 0.29) is 17.0 Å². The Morgan fingerprint density at radius 2 is 1.93 bits per heavy atom. The fourth-order valence-corrected chi connectivity index (χ4v) is 3.62. The van der Waals surface area contributed by atoms with E-state index in [0.717, 1.165) is 38.4 Å². The third-order valence-electron chi connectivity index (χ3n) is 5.00. The molecule has 1 N–H and O–H groups in total. The van der Waals surface area contributed by atoms with Gasteiger partial charge in [0.15, 0.2) is 5.75 Å². The fraction of sp³-hybridized carbons (Fsp3) is 0.350. The van der Waals surface area contributed by atoms with E-state index in [1.54, 1.807) is 12.1 Å². The molecule has 1 saturated heterocycles. The number of nitrogens with one attached hydrogen (secondary N) is 1. The average Bonchev–Trinajstić information content (AvgIpc) is 2.73. The number of hydrogen-bond donors (Lipinski definition) is 1. The number of ether oxygens (including phenoxy) is 1. The van der Waals surface area contributed by atoms with Crippen molar-refractivity contribution in [1.29, 1.82) is 0 Å². The normalized spacial score (nSPS) is 14.5. The summed E-state index contributed by atoms with van der Waals surface area (Å²) in [6, 6.07) is 9.43. The molecule has 2 aromatic rings. The number of piperazine rings is 1. The lowest BCUT2D eigenvalue weighted by Crippen LogP contribution is -2.46. The first-order chi connectivity index (χ1) is 13.9. The van der Waals surface area contributed by atoms with Crippen LogP contribution in [0.1, 0.15) is 17.3 Å². The maximum absolute atomic E-state index is 12.5. The number of nitro benzene ring substituents is 1. The number of anilines is 2. The molecule has 8 nitrogen and oxygen atoms in total. The summed E-state index contributed by atoms with van der Waals surface area (Å²) in [5, 5.41) is 14.4. The van der Waals surface area contributed by atoms with Crippen molar-refractivity contribution in [2.75, 3.05) is 50.1 Å². The number of methoxy groups -OCH3 is 1. The minimum Gasteiger partial charge on any atom is -0.490 e. The number of rotatable bonds is 6. The molecule has 0 aliphatic carbocycles. The van der Waals surface area contributed by atoms with Gasteiger partial charge in [-0.2, -0.15) is 0 Å². The second kappa shape index (κ2) is 9.11. The van der Waals surface area contributed by atoms with E-state index >= 15 is 0 Å². The van der Waals surface area contributed by atoms with Gasteiger partial charge in [-0.05, 0) is 36.9 Å². The van der Waals surface area contributed by atoms with Gasteiger partial charge in [0.2, 0.25) is 0 Å². The van der Waals surface area contributed by atoms with Gasteiger partial charge in [-0.1, -0.05) is 18.5 Å². The second-order valence-corrected chi connectivity index (χ2v) is 7.09. The van der Waals surface area contributed by atoms with E-state index in [2.05, 4.69) is 22.0 Å². The van der Waals surface area contributed by atoms with Crippen molar-refractivity contribution in [2.24, 2.45) is 0 Å². The number of nitro groups is 1. The highest BCUT2D eigenvalue weighted by molar-refractivity contribution is 6.33. The van der Waals surface area contributed by atoms with Gasteiger partial charge in [0.05, 0.1) is 22.7 Å². The zero-order valence-electron chi connectivity index (χ0n) is 16.4. The van der Waals surface area contributed by atoms with Gasteiger partial charge in [0.1, 0.15) is 0 Å². The summed E-state index contributed by atoms with van der Waals surface area (Å²) >= 11 is 6.46. The molecular formula is C20H23ClN4O4. The van der Waals surface area contributed by atoms with Gasteiger partial charge in [0.25, 0.3) is 5.91 Å². The molecule has 0 bridgehead atoms. The molecule has 0 unspecified atom stereocenters. The third-order valence-corrected chi connectivity index (χ3v) is 5.31. The van der Waals surface area contributed by atoms with Crippen LogP contribution >= 0.6 is 11.6 Å². The number of carbonyl (C=O) groups is 1. The summed E-state index contributed by atoms with van der Waals surface area (Å²) in [5.41, 5.74) is 1.35. The summed E-state index contributed by atoms with van der Waals surface area (Å²) in [5.74, 6) is -0.363. The summed E-state index contributed by atoms with van der Waals surface area (Å²) in [7, 11) is 1.34. The van der Waals surface area contributed by atoms with E-state index in [1.807, 2.05) is 6.07 Å². The highest BCUT2D eigenvalue weighted by Gasteiger charge is 2.20. The van der Waals surface area contributed by atoms with Crippen molar-refractivity contribution in [3.63, 3.8) is 0 Å². The molecule has 1 heterocycles. The van der Waals surface area contributed by atoms with Crippen molar-refractivity contribution in [3.8, 4) is 5.75 Å². The number of benzene rings is 2. The van der Waals surface area contributed by atoms with Gasteiger partial charge >= 0.3 is 5.69 Å². The van der Waals surface area contributed by atoms with Gasteiger partial charge in [-0.3, -0.25) is 14.9 Å². The Labute approximate surface area is 174 Å². The fourth-order valence-electron chi connectivity index (χ4n) is 3.32. The number of likely N-dealkylation sites (N-methyl/N-ethyl adjacent to an activating group) is 1. The number of halogens is 1. The summed E-state index contributed by atoms with van der Waals surface area (Å²) in [6.07, 6.45) is 0. The molecule has 1 aliphatic rings. The van der Waals surface area contributed by atoms with Crippen LogP contribution in [0.15, 0.2) is 36.4 Å². The minimum atomic E-state index is -0.584. The van der Waals surface area contributed by atoms with E-state index in [9.17, 15) is 14.9 Å². The monoisotopic (exact) mass is 418 g/mol. The summed E-state index contributed by atoms with van der Waals surface area (Å²) < 4.78 is 4.96. The van der Waals surface area contributed by atoms with E-state index in [4.69, 9.17) is 16.3 Å². The van der Waals surface area contributed by atoms with Crippen molar-refractivity contribution >= 4 is 34.6 Å². The predicted octanol–water partition coefficient (Wildman–Crippen LogP) is 3.65. The van der Waals surface area contributed by atoms with Gasteiger partial charge < -0.3 is 19.9 Å². The maximum Gasteiger partial charge on any atom is 0.311 e. The molecule has 0 radical (unpaired) electrons. The lowest BCUT2D eigenvalue weighted by atomic mass is 10.1. The van der Waals surface area contributed by atoms with E-state index < -0.39 is 10.8 Å². The molecule has 0 saturated carbocycles. The second-order valence-electron chi connectivity index (χ2n) is 6.69. The first-order valence-electron chi connectivity index (χ1n) is 9.33. The maximum atomic E-state index is 12.5. The van der Waals surface area contributed by atoms with E-state index in [1.165, 1.54) is 25.3 Å². The number of hydrogen-bond acceptors (Lipinski definition) is 6. The van der Waals surface area contributed by atoms with Crippen LogP contribution in [-0.2, 0) is 0 Å². The van der Waals surface area contributed by atoms with Gasteiger partial charge in [0, 0.05) is 43.5 Å². The predicted molar refractivity (Wildman–Crippen MR) is 113 cm³/mol. The van der Waals surface area contributed by atoms with Crippen molar-refractivity contribution in [2.45, 2.75) is 6.92 Å². The third kappa shape index (κ3) is 4.78. The van der Waals surface area contributed by atoms with Crippen LogP contribution in [0.25, 0.3) is 0 Å². The lowest BCUT2D eigenvalue weighted by Gasteiger charge is -2.36. The molecule has 2 aromatic carbocycles. The lowest BCUT2D eigenvalue weighted by molar-refractivity contribution is -0.385. The highest BCUT2D eigenvalue weighted by atomic mass is 35.5. The number of amides is 1. The van der Waals surface area contributed by atoms with Gasteiger partial charge in [-0.15, -0.1) is 0 Å². The Morgan fingerprint density at radius 3 is 2.52 bits per heavy atom. The van der Waals surface area contributed by atoms with Gasteiger partial charge in [-0.25, -0.2) is 0 Å². The van der Waals surface area contributed by atoms with Crippen LogP contribution < -0.4 is 15.0 Å². The van der Waals surface area contributed by atoms with Crippen LogP contribution in [0.5, 0.6) is 5.75 Å². The molecule has 1 aliphatic heterocycles. The number of nitrogens with zero attached hydrogens (tertiary/aromatic N) is 3. The van der Waals surface area contributed by atoms with Crippen LogP contribution in [0.3, 0.4) is 0 Å². The zero-order chi connectivity index (χ0) is 21.0. The largest absolute Gasteiger partial charge is 0.490 e. The SMILES string of the molecule is CCN1CCN(c2ccc(NC(=O)c3ccc(OC)c([N+](=O)[O-])c3)cc2Cl)CC1. The smallest absolute Gasteiger partial charge is 0.311 e. The minimum absolute atomic E-state index is 0.0992. The van der Waals surface area contributed by atoms with Crippen molar-refractivity contribution in [1.82, 2.24) is 4.90 Å². The molecule has 1 fully saturated rings. The Bertz CT molecular complexity index is 913. The molecule has 29 heavy (non-hydrogen) atoms. The quantitative estimate of drug-likeness (QED) is 0.569. The van der Waals surface area contributed by atoms with Crippen LogP contribution in [0, 0.1) is 10.1 Å². The topological polar surface area (TPSA) is 88.0 Å². The van der Waals surface area contributed by atoms with E-state index in [0.29, 0.717) is 10.7 Å². The van der Waals surface area contributed by atoms with Crippen LogP contribution in [-0.4, -0.2) is 55.6 Å². The Morgan fingerprint density at radius 1 is 1.21 bits per heavy atom. The Hall–Kier alpha value is -2.84. The first-order valence-corrected chi connectivity index (χ1v) is 9.71. The molecule has 3 rings (SSSR count).